The van der Waals surface area contributed by atoms with Crippen molar-refractivity contribution in [3.63, 3.8) is 0 Å². The molecule has 35 heavy (non-hydrogen) atoms. The van der Waals surface area contributed by atoms with Gasteiger partial charge in [0.1, 0.15) is 12.1 Å². The number of carbonyl (C=O) groups is 2. The lowest BCUT2D eigenvalue weighted by molar-refractivity contribution is -0.137. The number of alkyl carbamates (subject to hydrolysis) is 1. The molecule has 0 radical (unpaired) electrons. The highest BCUT2D eigenvalue weighted by molar-refractivity contribution is 5.85. The average Bonchev–Trinajstić information content (AvgIpc) is 3.53. The van der Waals surface area contributed by atoms with Crippen molar-refractivity contribution in [1.82, 2.24) is 15.5 Å². The molecule has 2 amide bonds. The molecule has 2 unspecified atom stereocenters. The van der Waals surface area contributed by atoms with Crippen molar-refractivity contribution in [3.05, 3.63) is 35.4 Å². The molecule has 1 aliphatic heterocycles. The summed E-state index contributed by atoms with van der Waals surface area (Å²) < 4.78 is 43.9. The number of rotatable bonds is 8. The summed E-state index contributed by atoms with van der Waals surface area (Å²) in [6.45, 7) is 4.25. The molecule has 1 aromatic rings. The SMILES string of the molecule is CCC[C@H](NC(=O)OC1CCCC1)C(=O)NC1CCC2CN(Cc3ccc(C(F)(F)F)cc3)C[C@@H]21. The first-order valence-electron chi connectivity index (χ1n) is 12.9. The van der Waals surface area contributed by atoms with Crippen molar-refractivity contribution in [2.24, 2.45) is 11.8 Å². The van der Waals surface area contributed by atoms with E-state index in [2.05, 4.69) is 15.5 Å². The first-order chi connectivity index (χ1) is 16.7. The molecule has 0 bridgehead atoms. The van der Waals surface area contributed by atoms with E-state index in [1.807, 2.05) is 6.92 Å². The lowest BCUT2D eigenvalue weighted by atomic mass is 9.97. The number of amides is 2. The van der Waals surface area contributed by atoms with Crippen LogP contribution in [-0.4, -0.2) is 48.2 Å². The fraction of sp³-hybridized carbons (Fsp3) is 0.692. The van der Waals surface area contributed by atoms with Crippen LogP contribution in [-0.2, 0) is 22.3 Å². The highest BCUT2D eigenvalue weighted by Crippen LogP contribution is 2.39. The zero-order chi connectivity index (χ0) is 25.0. The molecule has 1 saturated heterocycles. The first-order valence-corrected chi connectivity index (χ1v) is 12.9. The second kappa shape index (κ2) is 11.2. The molecular weight excluding hydrogens is 459 g/mol. The monoisotopic (exact) mass is 495 g/mol. The van der Waals surface area contributed by atoms with E-state index >= 15 is 0 Å². The average molecular weight is 496 g/mol. The fourth-order valence-corrected chi connectivity index (χ4v) is 5.90. The van der Waals surface area contributed by atoms with Crippen LogP contribution < -0.4 is 10.6 Å². The molecule has 2 aliphatic carbocycles. The Kier molecular flexibility index (Phi) is 8.24. The second-order valence-corrected chi connectivity index (χ2v) is 10.3. The normalized spacial score (nSPS) is 25.9. The molecule has 4 atom stereocenters. The van der Waals surface area contributed by atoms with Crippen LogP contribution in [0.3, 0.4) is 0 Å². The number of halogens is 3. The van der Waals surface area contributed by atoms with Crippen LogP contribution in [0, 0.1) is 11.8 Å². The predicted molar refractivity (Wildman–Crippen MR) is 125 cm³/mol. The maximum Gasteiger partial charge on any atom is 0.416 e. The van der Waals surface area contributed by atoms with Gasteiger partial charge < -0.3 is 15.4 Å². The topological polar surface area (TPSA) is 70.7 Å². The lowest BCUT2D eigenvalue weighted by Crippen LogP contribution is -2.51. The standard InChI is InChI=1S/C26H36F3N3O3/c1-2-5-23(31-25(34)35-20-6-3-4-7-20)24(33)30-22-13-10-18-15-32(16-21(18)22)14-17-8-11-19(12-9-17)26(27,28)29/h8-9,11-12,18,20-23H,2-7,10,13-16H2,1H3,(H,30,33)(H,31,34)/t18?,21-,22?,23-/m0/s1. The third kappa shape index (κ3) is 6.68. The molecule has 4 rings (SSSR count). The van der Waals surface area contributed by atoms with Gasteiger partial charge in [0.05, 0.1) is 5.56 Å². The number of likely N-dealkylation sites (tertiary alicyclic amines) is 1. The Labute approximate surface area is 205 Å². The summed E-state index contributed by atoms with van der Waals surface area (Å²) in [5, 5.41) is 5.95. The van der Waals surface area contributed by atoms with Gasteiger partial charge >= 0.3 is 12.3 Å². The molecule has 0 spiro atoms. The lowest BCUT2D eigenvalue weighted by Gasteiger charge is -2.25. The minimum absolute atomic E-state index is 0.0390. The van der Waals surface area contributed by atoms with Crippen LogP contribution in [0.2, 0.25) is 0 Å². The molecule has 1 aromatic carbocycles. The van der Waals surface area contributed by atoms with Gasteiger partial charge in [-0.25, -0.2) is 4.79 Å². The Morgan fingerprint density at radius 2 is 1.80 bits per heavy atom. The number of benzene rings is 1. The van der Waals surface area contributed by atoms with E-state index in [4.69, 9.17) is 4.74 Å². The van der Waals surface area contributed by atoms with Gasteiger partial charge in [-0.15, -0.1) is 0 Å². The molecule has 0 aromatic heterocycles. The smallest absolute Gasteiger partial charge is 0.416 e. The number of hydrogen-bond donors (Lipinski definition) is 2. The summed E-state index contributed by atoms with van der Waals surface area (Å²) in [5.74, 6) is 0.600. The summed E-state index contributed by atoms with van der Waals surface area (Å²) in [4.78, 5) is 27.6. The summed E-state index contributed by atoms with van der Waals surface area (Å²) in [6, 6.07) is 4.78. The molecular formula is C26H36F3N3O3. The minimum atomic E-state index is -4.33. The number of carbonyl (C=O) groups excluding carboxylic acids is 2. The quantitative estimate of drug-likeness (QED) is 0.540. The van der Waals surface area contributed by atoms with Crippen LogP contribution >= 0.6 is 0 Å². The van der Waals surface area contributed by atoms with Gasteiger partial charge in [0.2, 0.25) is 5.91 Å². The molecule has 1 heterocycles. The van der Waals surface area contributed by atoms with E-state index in [0.29, 0.717) is 24.8 Å². The van der Waals surface area contributed by atoms with Crippen LogP contribution in [0.15, 0.2) is 24.3 Å². The van der Waals surface area contributed by atoms with E-state index in [1.165, 1.54) is 0 Å². The third-order valence-corrected chi connectivity index (χ3v) is 7.71. The van der Waals surface area contributed by atoms with Crippen LogP contribution in [0.5, 0.6) is 0 Å². The third-order valence-electron chi connectivity index (χ3n) is 7.71. The maximum atomic E-state index is 13.0. The Bertz CT molecular complexity index is 871. The van der Waals surface area contributed by atoms with Crippen LogP contribution in [0.4, 0.5) is 18.0 Å². The zero-order valence-electron chi connectivity index (χ0n) is 20.3. The first kappa shape index (κ1) is 25.8. The summed E-state index contributed by atoms with van der Waals surface area (Å²) in [6.07, 6.45) is 2.23. The van der Waals surface area contributed by atoms with Crippen molar-refractivity contribution in [3.8, 4) is 0 Å². The van der Waals surface area contributed by atoms with Crippen molar-refractivity contribution < 1.29 is 27.5 Å². The molecule has 6 nitrogen and oxygen atoms in total. The van der Waals surface area contributed by atoms with Gasteiger partial charge in [-0.1, -0.05) is 25.5 Å². The summed E-state index contributed by atoms with van der Waals surface area (Å²) >= 11 is 0. The predicted octanol–water partition coefficient (Wildman–Crippen LogP) is 4.87. The number of alkyl halides is 3. The fourth-order valence-electron chi connectivity index (χ4n) is 5.90. The van der Waals surface area contributed by atoms with Gasteiger partial charge in [0, 0.05) is 25.7 Å². The number of fused-ring (bicyclic) bond motifs is 1. The van der Waals surface area contributed by atoms with Gasteiger partial charge in [-0.05, 0) is 74.5 Å². The zero-order valence-corrected chi connectivity index (χ0v) is 20.3. The largest absolute Gasteiger partial charge is 0.446 e. The van der Waals surface area contributed by atoms with E-state index in [0.717, 1.165) is 75.7 Å². The Hall–Kier alpha value is -2.29. The van der Waals surface area contributed by atoms with Crippen molar-refractivity contribution in [2.45, 2.75) is 89.2 Å². The van der Waals surface area contributed by atoms with E-state index in [-0.39, 0.29) is 18.1 Å². The molecule has 194 valence electrons. The molecule has 3 aliphatic rings. The highest BCUT2D eigenvalue weighted by Gasteiger charge is 2.43. The summed E-state index contributed by atoms with van der Waals surface area (Å²) in [7, 11) is 0. The molecule has 2 N–H and O–H groups in total. The Balaban J connectivity index is 1.28. The van der Waals surface area contributed by atoms with Crippen molar-refractivity contribution >= 4 is 12.0 Å². The van der Waals surface area contributed by atoms with Crippen LogP contribution in [0.1, 0.15) is 69.4 Å². The van der Waals surface area contributed by atoms with E-state index in [1.54, 1.807) is 12.1 Å². The Morgan fingerprint density at radius 1 is 1.09 bits per heavy atom. The molecule has 3 fully saturated rings. The molecule has 9 heteroatoms. The van der Waals surface area contributed by atoms with Gasteiger partial charge in [-0.3, -0.25) is 9.69 Å². The molecule has 2 saturated carbocycles. The number of nitrogens with zero attached hydrogens (tertiary/aromatic N) is 1. The number of nitrogens with one attached hydrogen (secondary N) is 2. The second-order valence-electron chi connectivity index (χ2n) is 10.3. The van der Waals surface area contributed by atoms with Crippen molar-refractivity contribution in [1.29, 1.82) is 0 Å². The van der Waals surface area contributed by atoms with Gasteiger partial charge in [0.15, 0.2) is 0 Å². The highest BCUT2D eigenvalue weighted by atomic mass is 19.4. The summed E-state index contributed by atoms with van der Waals surface area (Å²) in [5.41, 5.74) is 0.219. The van der Waals surface area contributed by atoms with E-state index in [9.17, 15) is 22.8 Å². The van der Waals surface area contributed by atoms with Crippen LogP contribution in [0.25, 0.3) is 0 Å². The number of hydrogen-bond acceptors (Lipinski definition) is 4. The van der Waals surface area contributed by atoms with Gasteiger partial charge in [-0.2, -0.15) is 13.2 Å². The minimum Gasteiger partial charge on any atom is -0.446 e. The van der Waals surface area contributed by atoms with E-state index < -0.39 is 23.9 Å². The maximum absolute atomic E-state index is 13.0. The number of ether oxygens (including phenoxy) is 1. The Morgan fingerprint density at radius 3 is 2.46 bits per heavy atom. The van der Waals surface area contributed by atoms with Crippen molar-refractivity contribution in [2.75, 3.05) is 13.1 Å². The van der Waals surface area contributed by atoms with Gasteiger partial charge in [0.25, 0.3) is 0 Å².